The molecule has 0 saturated heterocycles. The number of H-pyrrole nitrogens is 1. The van der Waals surface area contributed by atoms with Crippen LogP contribution in [0.5, 0.6) is 0 Å². The fraction of sp³-hybridized carbons (Fsp3) is 0.200. The van der Waals surface area contributed by atoms with Crippen molar-refractivity contribution in [3.8, 4) is 0 Å². The Bertz CT molecular complexity index is 709. The third-order valence-electron chi connectivity index (χ3n) is 3.26. The molecule has 0 bridgehead atoms. The zero-order valence-electron chi connectivity index (χ0n) is 11.2. The van der Waals surface area contributed by atoms with Crippen LogP contribution in [0.4, 0.5) is 0 Å². The molecule has 1 aromatic carbocycles. The van der Waals surface area contributed by atoms with Gasteiger partial charge in [-0.15, -0.1) is 0 Å². The topological polar surface area (TPSA) is 44.8 Å². The molecule has 2 aromatic heterocycles. The summed E-state index contributed by atoms with van der Waals surface area (Å²) in [4.78, 5) is 6.71. The molecule has 0 saturated carbocycles. The first-order valence-corrected chi connectivity index (χ1v) is 7.21. The summed E-state index contributed by atoms with van der Waals surface area (Å²) in [5.41, 5.74) is 3.48. The third kappa shape index (κ3) is 2.73. The average molecular weight is 331 g/mol. The van der Waals surface area contributed by atoms with Gasteiger partial charge < -0.3 is 0 Å². The van der Waals surface area contributed by atoms with Crippen molar-refractivity contribution in [2.24, 2.45) is 0 Å². The van der Waals surface area contributed by atoms with E-state index in [-0.39, 0.29) is 0 Å². The molecule has 0 aliphatic heterocycles. The van der Waals surface area contributed by atoms with Gasteiger partial charge in [-0.3, -0.25) is 15.0 Å². The van der Waals surface area contributed by atoms with E-state index in [1.807, 2.05) is 30.7 Å². The number of fused-ring (bicyclic) bond motifs is 1. The van der Waals surface area contributed by atoms with E-state index in [4.69, 9.17) is 0 Å². The first kappa shape index (κ1) is 13.3. The number of aromatic nitrogens is 3. The highest BCUT2D eigenvalue weighted by molar-refractivity contribution is 9.10. The number of aromatic amines is 1. The van der Waals surface area contributed by atoms with Gasteiger partial charge in [-0.05, 0) is 40.7 Å². The van der Waals surface area contributed by atoms with E-state index in [0.717, 1.165) is 23.1 Å². The molecule has 1 N–H and O–H groups in total. The van der Waals surface area contributed by atoms with Crippen molar-refractivity contribution in [1.29, 1.82) is 0 Å². The van der Waals surface area contributed by atoms with Gasteiger partial charge in [-0.1, -0.05) is 12.1 Å². The quantitative estimate of drug-likeness (QED) is 0.797. The minimum atomic E-state index is 0.869. The minimum Gasteiger partial charge on any atom is -0.298 e. The van der Waals surface area contributed by atoms with Gasteiger partial charge in [0.25, 0.3) is 0 Å². The summed E-state index contributed by atoms with van der Waals surface area (Å²) in [7, 11) is 2.11. The van der Waals surface area contributed by atoms with Crippen LogP contribution in [0.25, 0.3) is 10.9 Å². The number of nitrogens with one attached hydrogen (secondary N) is 1. The Morgan fingerprint density at radius 2 is 2.15 bits per heavy atom. The lowest BCUT2D eigenvalue weighted by atomic mass is 10.1. The summed E-state index contributed by atoms with van der Waals surface area (Å²) in [6.45, 7) is 1.75. The number of para-hydroxylation sites is 1. The molecule has 102 valence electrons. The summed E-state index contributed by atoms with van der Waals surface area (Å²) >= 11 is 3.56. The number of pyridine rings is 1. The molecule has 0 aliphatic rings. The SMILES string of the molecule is CN(Cc1cn[nH]c1)Cc1ccnc2c(Br)cccc12. The number of benzene rings is 1. The van der Waals surface area contributed by atoms with E-state index in [1.165, 1.54) is 16.5 Å². The molecule has 0 fully saturated rings. The fourth-order valence-corrected chi connectivity index (χ4v) is 2.83. The molecule has 20 heavy (non-hydrogen) atoms. The summed E-state index contributed by atoms with van der Waals surface area (Å²) in [5, 5.41) is 8.01. The molecule has 0 atom stereocenters. The van der Waals surface area contributed by atoms with Gasteiger partial charge in [0.15, 0.2) is 0 Å². The van der Waals surface area contributed by atoms with Crippen LogP contribution in [0.1, 0.15) is 11.1 Å². The number of hydrogen-bond acceptors (Lipinski definition) is 3. The van der Waals surface area contributed by atoms with Crippen molar-refractivity contribution in [2.75, 3.05) is 7.05 Å². The molecule has 5 heteroatoms. The maximum Gasteiger partial charge on any atom is 0.0847 e. The van der Waals surface area contributed by atoms with Gasteiger partial charge in [-0.2, -0.15) is 5.10 Å². The lowest BCUT2D eigenvalue weighted by Gasteiger charge is -2.17. The average Bonchev–Trinajstić information content (AvgIpc) is 2.93. The van der Waals surface area contributed by atoms with E-state index in [0.29, 0.717) is 0 Å². The lowest BCUT2D eigenvalue weighted by molar-refractivity contribution is 0.320. The highest BCUT2D eigenvalue weighted by Crippen LogP contribution is 2.25. The summed E-state index contributed by atoms with van der Waals surface area (Å²) < 4.78 is 1.04. The second-order valence-electron chi connectivity index (χ2n) is 4.88. The third-order valence-corrected chi connectivity index (χ3v) is 3.90. The van der Waals surface area contributed by atoms with Crippen molar-refractivity contribution in [2.45, 2.75) is 13.1 Å². The van der Waals surface area contributed by atoms with Crippen molar-refractivity contribution in [3.63, 3.8) is 0 Å². The molecule has 0 radical (unpaired) electrons. The van der Waals surface area contributed by atoms with Crippen LogP contribution in [0.2, 0.25) is 0 Å². The highest BCUT2D eigenvalue weighted by atomic mass is 79.9. The zero-order chi connectivity index (χ0) is 13.9. The largest absolute Gasteiger partial charge is 0.298 e. The Morgan fingerprint density at radius 3 is 2.95 bits per heavy atom. The van der Waals surface area contributed by atoms with E-state index >= 15 is 0 Å². The molecule has 0 spiro atoms. The highest BCUT2D eigenvalue weighted by Gasteiger charge is 2.08. The Balaban J connectivity index is 1.85. The van der Waals surface area contributed by atoms with Gasteiger partial charge in [-0.25, -0.2) is 0 Å². The molecule has 3 rings (SSSR count). The number of rotatable bonds is 4. The standard InChI is InChI=1S/C15H15BrN4/c1-20(9-11-7-18-19-8-11)10-12-5-6-17-15-13(12)3-2-4-14(15)16/h2-8H,9-10H2,1H3,(H,18,19). The van der Waals surface area contributed by atoms with E-state index < -0.39 is 0 Å². The summed E-state index contributed by atoms with van der Waals surface area (Å²) in [5.74, 6) is 0. The first-order chi connectivity index (χ1) is 9.74. The predicted molar refractivity (Wildman–Crippen MR) is 83.2 cm³/mol. The van der Waals surface area contributed by atoms with Crippen LogP contribution in [-0.4, -0.2) is 27.1 Å². The van der Waals surface area contributed by atoms with Crippen molar-refractivity contribution >= 4 is 26.8 Å². The first-order valence-electron chi connectivity index (χ1n) is 6.42. The van der Waals surface area contributed by atoms with Crippen LogP contribution in [-0.2, 0) is 13.1 Å². The molecule has 0 unspecified atom stereocenters. The van der Waals surface area contributed by atoms with Crippen LogP contribution in [0, 0.1) is 0 Å². The lowest BCUT2D eigenvalue weighted by Crippen LogP contribution is -2.17. The van der Waals surface area contributed by atoms with Crippen LogP contribution >= 0.6 is 15.9 Å². The van der Waals surface area contributed by atoms with E-state index in [1.54, 1.807) is 0 Å². The van der Waals surface area contributed by atoms with Crippen molar-refractivity contribution in [3.05, 3.63) is 58.5 Å². The van der Waals surface area contributed by atoms with E-state index in [9.17, 15) is 0 Å². The predicted octanol–water partition coefficient (Wildman–Crippen LogP) is 3.35. The van der Waals surface area contributed by atoms with Gasteiger partial charge in [0.2, 0.25) is 0 Å². The maximum atomic E-state index is 4.44. The molecule has 2 heterocycles. The van der Waals surface area contributed by atoms with Gasteiger partial charge in [0, 0.05) is 40.9 Å². The monoisotopic (exact) mass is 330 g/mol. The number of hydrogen-bond donors (Lipinski definition) is 1. The Labute approximate surface area is 126 Å². The van der Waals surface area contributed by atoms with Crippen LogP contribution in [0.15, 0.2) is 47.3 Å². The normalized spacial score (nSPS) is 11.3. The van der Waals surface area contributed by atoms with Gasteiger partial charge in [0.1, 0.15) is 0 Å². The Kier molecular flexibility index (Phi) is 3.80. The second-order valence-corrected chi connectivity index (χ2v) is 5.74. The van der Waals surface area contributed by atoms with E-state index in [2.05, 4.69) is 55.2 Å². The Hall–Kier alpha value is -1.72. The molecular weight excluding hydrogens is 316 g/mol. The number of nitrogens with zero attached hydrogens (tertiary/aromatic N) is 3. The molecule has 0 aliphatic carbocycles. The van der Waals surface area contributed by atoms with Crippen LogP contribution in [0.3, 0.4) is 0 Å². The molecular formula is C15H15BrN4. The van der Waals surface area contributed by atoms with Crippen molar-refractivity contribution < 1.29 is 0 Å². The summed E-state index contributed by atoms with van der Waals surface area (Å²) in [6, 6.07) is 8.27. The molecule has 3 aromatic rings. The zero-order valence-corrected chi connectivity index (χ0v) is 12.8. The smallest absolute Gasteiger partial charge is 0.0847 e. The fourth-order valence-electron chi connectivity index (χ4n) is 2.36. The summed E-state index contributed by atoms with van der Waals surface area (Å²) in [6.07, 6.45) is 5.66. The number of halogens is 1. The molecule has 0 amide bonds. The second kappa shape index (κ2) is 5.73. The van der Waals surface area contributed by atoms with Gasteiger partial charge >= 0.3 is 0 Å². The maximum absolute atomic E-state index is 4.44. The minimum absolute atomic E-state index is 0.869. The molecule has 4 nitrogen and oxygen atoms in total. The van der Waals surface area contributed by atoms with Crippen LogP contribution < -0.4 is 0 Å². The van der Waals surface area contributed by atoms with Gasteiger partial charge in [0.05, 0.1) is 11.7 Å². The Morgan fingerprint density at radius 1 is 1.25 bits per heavy atom. The van der Waals surface area contributed by atoms with Crippen molar-refractivity contribution in [1.82, 2.24) is 20.1 Å².